The molecule has 1 aliphatic heterocycles. The molecule has 2 aromatic rings. The maximum absolute atomic E-state index is 13.1. The molecule has 1 aliphatic rings. The summed E-state index contributed by atoms with van der Waals surface area (Å²) in [6.07, 6.45) is 5.73. The highest BCUT2D eigenvalue weighted by Crippen LogP contribution is 2.21. The molecule has 5 amide bonds. The van der Waals surface area contributed by atoms with Crippen LogP contribution in [0, 0.1) is 0 Å². The summed E-state index contributed by atoms with van der Waals surface area (Å²) in [6.45, 7) is 2.28. The van der Waals surface area contributed by atoms with Gasteiger partial charge in [-0.05, 0) is 93.3 Å². The van der Waals surface area contributed by atoms with Crippen molar-refractivity contribution in [3.05, 3.63) is 59.7 Å². The van der Waals surface area contributed by atoms with Gasteiger partial charge in [0.2, 0.25) is 23.6 Å². The van der Waals surface area contributed by atoms with E-state index in [-0.39, 0.29) is 31.7 Å². The van der Waals surface area contributed by atoms with Crippen molar-refractivity contribution in [3.63, 3.8) is 0 Å². The quantitative estimate of drug-likeness (QED) is 0.0606. The van der Waals surface area contributed by atoms with E-state index in [9.17, 15) is 28.8 Å². The molecule has 0 aromatic heterocycles. The van der Waals surface area contributed by atoms with Gasteiger partial charge in [-0.2, -0.15) is 0 Å². The fourth-order valence-corrected chi connectivity index (χ4v) is 5.27. The van der Waals surface area contributed by atoms with Crippen LogP contribution in [0.5, 0.6) is 0 Å². The topological polar surface area (TPSA) is 227 Å². The Bertz CT molecular complexity index is 1450. The van der Waals surface area contributed by atoms with Crippen molar-refractivity contribution in [2.75, 3.05) is 39.3 Å². The Labute approximate surface area is 299 Å². The molecule has 1 fully saturated rings. The maximum Gasteiger partial charge on any atom is 0.251 e. The third-order valence-corrected chi connectivity index (χ3v) is 8.41. The molecule has 0 radical (unpaired) electrons. The summed E-state index contributed by atoms with van der Waals surface area (Å²) in [7, 11) is 0. The molecule has 0 spiro atoms. The lowest BCUT2D eigenvalue weighted by molar-refractivity contribution is -0.132. The highest BCUT2D eigenvalue weighted by atomic mass is 16.6. The van der Waals surface area contributed by atoms with Crippen molar-refractivity contribution >= 4 is 35.3 Å². The van der Waals surface area contributed by atoms with Crippen LogP contribution in [-0.4, -0.2) is 92.8 Å². The Morgan fingerprint density at radius 2 is 1.18 bits per heavy atom. The molecule has 14 heteroatoms. The van der Waals surface area contributed by atoms with Gasteiger partial charge in [0.1, 0.15) is 18.2 Å². The van der Waals surface area contributed by atoms with Gasteiger partial charge in [0.05, 0.1) is 26.2 Å². The first-order valence-corrected chi connectivity index (χ1v) is 17.8. The van der Waals surface area contributed by atoms with E-state index in [1.807, 2.05) is 12.1 Å². The predicted molar refractivity (Wildman–Crippen MR) is 193 cm³/mol. The van der Waals surface area contributed by atoms with E-state index >= 15 is 0 Å². The number of ether oxygens (including phenoxy) is 1. The van der Waals surface area contributed by atoms with Crippen molar-refractivity contribution in [1.29, 1.82) is 0 Å². The number of aryl methyl sites for hydroxylation is 1. The van der Waals surface area contributed by atoms with Gasteiger partial charge < -0.3 is 42.8 Å². The first-order chi connectivity index (χ1) is 24.6. The summed E-state index contributed by atoms with van der Waals surface area (Å²) in [4.78, 5) is 76.0. The molecule has 2 aromatic carbocycles. The zero-order valence-corrected chi connectivity index (χ0v) is 29.5. The standard InChI is InChI=1S/C37H53N7O7/c1-2-3-8-25-11-13-26(14-12-25)27-15-17-28(18-16-27)35(48)41-22-33(46)44-30(10-5-7-20-39)37(50)42-23-34(47)43-29(9-4-6-19-38)36(49)40-21-31(45)32-24-51-32/h11-18,29-30,32H,2-10,19-24,38-39H2,1H3,(H,40,49)(H,41,48)(H,42,50)(H,43,47)(H,44,46). The monoisotopic (exact) mass is 707 g/mol. The smallest absolute Gasteiger partial charge is 0.251 e. The first kappa shape index (κ1) is 40.8. The number of nitrogens with two attached hydrogens (primary N) is 2. The molecular weight excluding hydrogens is 654 g/mol. The molecule has 51 heavy (non-hydrogen) atoms. The minimum absolute atomic E-state index is 0.214. The van der Waals surface area contributed by atoms with Crippen LogP contribution in [0.3, 0.4) is 0 Å². The highest BCUT2D eigenvalue weighted by Gasteiger charge is 2.31. The van der Waals surface area contributed by atoms with Crippen molar-refractivity contribution < 1.29 is 33.5 Å². The van der Waals surface area contributed by atoms with E-state index in [0.29, 0.717) is 50.9 Å². The van der Waals surface area contributed by atoms with E-state index in [0.717, 1.165) is 30.4 Å². The number of rotatable bonds is 24. The summed E-state index contributed by atoms with van der Waals surface area (Å²) < 4.78 is 4.93. The Hall–Kier alpha value is -4.66. The number of unbranched alkanes of at least 4 members (excludes halogenated alkanes) is 3. The van der Waals surface area contributed by atoms with E-state index < -0.39 is 54.3 Å². The SMILES string of the molecule is CCCCc1ccc(-c2ccc(C(=O)NCC(=O)NC(CCCCN)C(=O)NCC(=O)NC(CCCCN)C(=O)NCC(=O)C3CO3)cc2)cc1. The van der Waals surface area contributed by atoms with Gasteiger partial charge in [0.15, 0.2) is 5.78 Å². The number of Topliss-reactive ketones (excluding diaryl/α,β-unsaturated/α-hetero) is 1. The molecule has 14 nitrogen and oxygen atoms in total. The molecule has 0 aliphatic carbocycles. The van der Waals surface area contributed by atoms with Crippen LogP contribution in [0.2, 0.25) is 0 Å². The lowest BCUT2D eigenvalue weighted by Crippen LogP contribution is -2.53. The molecule has 1 heterocycles. The third-order valence-electron chi connectivity index (χ3n) is 8.41. The summed E-state index contributed by atoms with van der Waals surface area (Å²) in [5.41, 5.74) is 14.8. The molecule has 9 N–H and O–H groups in total. The van der Waals surface area contributed by atoms with Crippen LogP contribution in [0.1, 0.15) is 74.2 Å². The number of ketones is 1. The number of epoxide rings is 1. The second-order valence-electron chi connectivity index (χ2n) is 12.6. The largest absolute Gasteiger partial charge is 0.365 e. The number of nitrogens with one attached hydrogen (secondary N) is 5. The van der Waals surface area contributed by atoms with Crippen LogP contribution in [0.15, 0.2) is 48.5 Å². The summed E-state index contributed by atoms with van der Waals surface area (Å²) >= 11 is 0. The molecule has 0 bridgehead atoms. The van der Waals surface area contributed by atoms with Crippen LogP contribution in [0.25, 0.3) is 11.1 Å². The number of benzene rings is 2. The highest BCUT2D eigenvalue weighted by molar-refractivity contribution is 5.98. The third kappa shape index (κ3) is 15.0. The van der Waals surface area contributed by atoms with Crippen molar-refractivity contribution in [3.8, 4) is 11.1 Å². The molecule has 1 saturated heterocycles. The van der Waals surface area contributed by atoms with Gasteiger partial charge in [-0.3, -0.25) is 28.8 Å². The van der Waals surface area contributed by atoms with Crippen molar-refractivity contribution in [1.82, 2.24) is 26.6 Å². The number of hydrogen-bond acceptors (Lipinski definition) is 9. The van der Waals surface area contributed by atoms with Crippen LogP contribution >= 0.6 is 0 Å². The van der Waals surface area contributed by atoms with Gasteiger partial charge >= 0.3 is 0 Å². The first-order valence-electron chi connectivity index (χ1n) is 17.8. The molecule has 3 unspecified atom stereocenters. The second kappa shape index (κ2) is 22.2. The number of hydrogen-bond donors (Lipinski definition) is 7. The van der Waals surface area contributed by atoms with Gasteiger partial charge in [-0.15, -0.1) is 0 Å². The van der Waals surface area contributed by atoms with Gasteiger partial charge in [-0.1, -0.05) is 49.7 Å². The molecule has 3 atom stereocenters. The van der Waals surface area contributed by atoms with Gasteiger partial charge in [0, 0.05) is 5.56 Å². The van der Waals surface area contributed by atoms with E-state index in [4.69, 9.17) is 16.2 Å². The van der Waals surface area contributed by atoms with Gasteiger partial charge in [-0.25, -0.2) is 0 Å². The maximum atomic E-state index is 13.1. The van der Waals surface area contributed by atoms with Gasteiger partial charge in [0.25, 0.3) is 5.91 Å². The van der Waals surface area contributed by atoms with E-state index in [1.165, 1.54) is 5.56 Å². The normalized spacial score (nSPS) is 14.5. The number of carbonyl (C=O) groups excluding carboxylic acids is 6. The van der Waals surface area contributed by atoms with Crippen LogP contribution in [0.4, 0.5) is 0 Å². The zero-order chi connectivity index (χ0) is 37.0. The summed E-state index contributed by atoms with van der Waals surface area (Å²) in [6, 6.07) is 13.5. The average Bonchev–Trinajstić information content (AvgIpc) is 4.00. The summed E-state index contributed by atoms with van der Waals surface area (Å²) in [5.74, 6) is -3.03. The van der Waals surface area contributed by atoms with Crippen molar-refractivity contribution in [2.24, 2.45) is 11.5 Å². The van der Waals surface area contributed by atoms with E-state index in [1.54, 1.807) is 12.1 Å². The second-order valence-corrected chi connectivity index (χ2v) is 12.6. The van der Waals surface area contributed by atoms with Crippen LogP contribution in [-0.2, 0) is 35.1 Å². The Morgan fingerprint density at radius 3 is 1.67 bits per heavy atom. The minimum Gasteiger partial charge on any atom is -0.365 e. The molecule has 0 saturated carbocycles. The lowest BCUT2D eigenvalue weighted by atomic mass is 10.0. The number of carbonyl (C=O) groups is 6. The van der Waals surface area contributed by atoms with E-state index in [2.05, 4.69) is 57.8 Å². The fourth-order valence-electron chi connectivity index (χ4n) is 5.27. The molecule has 3 rings (SSSR count). The van der Waals surface area contributed by atoms with Crippen LogP contribution < -0.4 is 38.1 Å². The Kier molecular flexibility index (Phi) is 17.8. The Morgan fingerprint density at radius 1 is 0.686 bits per heavy atom. The lowest BCUT2D eigenvalue weighted by Gasteiger charge is -2.20. The molecule has 278 valence electrons. The zero-order valence-electron chi connectivity index (χ0n) is 29.5. The average molecular weight is 708 g/mol. The Balaban J connectivity index is 1.49. The predicted octanol–water partition coefficient (Wildman–Crippen LogP) is 0.854. The fraction of sp³-hybridized carbons (Fsp3) is 0.514. The minimum atomic E-state index is -0.985. The number of amides is 5. The molecular formula is C37H53N7O7. The summed E-state index contributed by atoms with van der Waals surface area (Å²) in [5, 5.41) is 12.9. The van der Waals surface area contributed by atoms with Crippen molar-refractivity contribution in [2.45, 2.75) is 82.9 Å².